The van der Waals surface area contributed by atoms with Gasteiger partial charge in [-0.3, -0.25) is 9.59 Å². The number of carbonyl (C=O) groups excluding carboxylic acids is 2. The first-order valence-electron chi connectivity index (χ1n) is 8.55. The van der Waals surface area contributed by atoms with E-state index in [0.29, 0.717) is 42.4 Å². The van der Waals surface area contributed by atoms with Crippen LogP contribution in [-0.2, 0) is 9.53 Å². The van der Waals surface area contributed by atoms with Crippen molar-refractivity contribution in [2.45, 2.75) is 18.9 Å². The van der Waals surface area contributed by atoms with Gasteiger partial charge in [0.25, 0.3) is 5.91 Å². The van der Waals surface area contributed by atoms with Crippen molar-refractivity contribution in [1.29, 1.82) is 0 Å². The Morgan fingerprint density at radius 3 is 2.62 bits per heavy atom. The van der Waals surface area contributed by atoms with E-state index in [0.717, 1.165) is 18.2 Å². The predicted molar refractivity (Wildman–Crippen MR) is 95.7 cm³/mol. The van der Waals surface area contributed by atoms with Crippen molar-refractivity contribution in [3.8, 4) is 11.5 Å². The second-order valence-corrected chi connectivity index (χ2v) is 5.99. The van der Waals surface area contributed by atoms with E-state index in [1.807, 2.05) is 0 Å². The molecule has 26 heavy (non-hydrogen) atoms. The lowest BCUT2D eigenvalue weighted by Gasteiger charge is -2.10. The van der Waals surface area contributed by atoms with Crippen LogP contribution in [0.4, 0.5) is 0 Å². The molecule has 1 aromatic carbocycles. The van der Waals surface area contributed by atoms with Crippen molar-refractivity contribution in [3.63, 3.8) is 0 Å². The van der Waals surface area contributed by atoms with E-state index < -0.39 is 0 Å². The number of fused-ring (bicyclic) bond motifs is 1. The standard InChI is InChI=1S/C18H23N3O5/c1-24-13-5-6-14(25-2)16-11(13)10-12(21-16)17(22)19-7-8-20-18(23)15-4-3-9-26-15/h5-6,10,15,21H,3-4,7-9H2,1-2H3,(H,19,22)(H,20,23). The number of hydrogen-bond acceptors (Lipinski definition) is 5. The monoisotopic (exact) mass is 361 g/mol. The fourth-order valence-corrected chi connectivity index (χ4v) is 2.99. The summed E-state index contributed by atoms with van der Waals surface area (Å²) in [6.07, 6.45) is 1.29. The van der Waals surface area contributed by atoms with Crippen LogP contribution in [-0.4, -0.2) is 56.8 Å². The molecule has 8 nitrogen and oxygen atoms in total. The zero-order chi connectivity index (χ0) is 18.5. The molecule has 1 saturated heterocycles. The molecule has 1 aliphatic rings. The fraction of sp³-hybridized carbons (Fsp3) is 0.444. The molecule has 140 valence electrons. The highest BCUT2D eigenvalue weighted by Gasteiger charge is 2.23. The molecule has 2 heterocycles. The molecule has 2 aromatic rings. The Bertz CT molecular complexity index is 754. The minimum atomic E-state index is -0.362. The van der Waals surface area contributed by atoms with Crippen LogP contribution in [0, 0.1) is 0 Å². The van der Waals surface area contributed by atoms with Gasteiger partial charge in [0.15, 0.2) is 0 Å². The summed E-state index contributed by atoms with van der Waals surface area (Å²) in [6.45, 7) is 1.29. The highest BCUT2D eigenvalue weighted by molar-refractivity contribution is 6.01. The molecular weight excluding hydrogens is 338 g/mol. The smallest absolute Gasteiger partial charge is 0.267 e. The Labute approximate surface area is 151 Å². The van der Waals surface area contributed by atoms with Gasteiger partial charge in [-0.15, -0.1) is 0 Å². The number of aromatic amines is 1. The maximum atomic E-state index is 12.4. The van der Waals surface area contributed by atoms with Gasteiger partial charge in [0.2, 0.25) is 5.91 Å². The molecule has 3 rings (SSSR count). The van der Waals surface area contributed by atoms with Crippen molar-refractivity contribution in [2.75, 3.05) is 33.9 Å². The molecule has 0 aliphatic carbocycles. The molecule has 1 aliphatic heterocycles. The van der Waals surface area contributed by atoms with E-state index in [-0.39, 0.29) is 17.9 Å². The van der Waals surface area contributed by atoms with Crippen LogP contribution in [0.3, 0.4) is 0 Å². The Balaban J connectivity index is 1.58. The molecule has 1 aromatic heterocycles. The SMILES string of the molecule is COc1ccc(OC)c2[nH]c(C(=O)NCCNC(=O)C3CCCO3)cc12. The van der Waals surface area contributed by atoms with Crippen LogP contribution in [0.2, 0.25) is 0 Å². The van der Waals surface area contributed by atoms with Crippen molar-refractivity contribution < 1.29 is 23.8 Å². The van der Waals surface area contributed by atoms with E-state index in [4.69, 9.17) is 14.2 Å². The Hall–Kier alpha value is -2.74. The number of hydrogen-bond donors (Lipinski definition) is 3. The maximum absolute atomic E-state index is 12.4. The number of benzene rings is 1. The van der Waals surface area contributed by atoms with Crippen molar-refractivity contribution in [3.05, 3.63) is 23.9 Å². The number of methoxy groups -OCH3 is 2. The fourth-order valence-electron chi connectivity index (χ4n) is 2.99. The van der Waals surface area contributed by atoms with E-state index in [9.17, 15) is 9.59 Å². The molecule has 0 bridgehead atoms. The maximum Gasteiger partial charge on any atom is 0.267 e. The third kappa shape index (κ3) is 3.75. The zero-order valence-electron chi connectivity index (χ0n) is 14.9. The molecule has 1 unspecified atom stereocenters. The number of ether oxygens (including phenoxy) is 3. The third-order valence-electron chi connectivity index (χ3n) is 4.33. The van der Waals surface area contributed by atoms with Crippen LogP contribution >= 0.6 is 0 Å². The van der Waals surface area contributed by atoms with E-state index >= 15 is 0 Å². The first kappa shape index (κ1) is 18.1. The van der Waals surface area contributed by atoms with Crippen LogP contribution in [0.5, 0.6) is 11.5 Å². The van der Waals surface area contributed by atoms with Crippen LogP contribution in [0.1, 0.15) is 23.3 Å². The number of rotatable bonds is 7. The topological polar surface area (TPSA) is 102 Å². The second kappa shape index (κ2) is 8.09. The summed E-state index contributed by atoms with van der Waals surface area (Å²) in [4.78, 5) is 27.2. The normalized spacial score (nSPS) is 16.5. The molecule has 2 amide bonds. The lowest BCUT2D eigenvalue weighted by atomic mass is 10.2. The van der Waals surface area contributed by atoms with Gasteiger partial charge in [-0.2, -0.15) is 0 Å². The summed E-state index contributed by atoms with van der Waals surface area (Å²) < 4.78 is 16.0. The average molecular weight is 361 g/mol. The highest BCUT2D eigenvalue weighted by Crippen LogP contribution is 2.33. The van der Waals surface area contributed by atoms with Gasteiger partial charge < -0.3 is 29.8 Å². The minimum absolute atomic E-state index is 0.128. The summed E-state index contributed by atoms with van der Waals surface area (Å²) in [5, 5.41) is 6.31. The Kier molecular flexibility index (Phi) is 5.62. The molecule has 1 atom stereocenters. The summed E-state index contributed by atoms with van der Waals surface area (Å²) in [5.74, 6) is 0.886. The molecule has 8 heteroatoms. The van der Waals surface area contributed by atoms with Gasteiger partial charge >= 0.3 is 0 Å². The van der Waals surface area contributed by atoms with Crippen molar-refractivity contribution in [1.82, 2.24) is 15.6 Å². The predicted octanol–water partition coefficient (Wildman–Crippen LogP) is 1.21. The molecule has 0 saturated carbocycles. The second-order valence-electron chi connectivity index (χ2n) is 5.99. The summed E-state index contributed by atoms with van der Waals surface area (Å²) >= 11 is 0. The molecule has 3 N–H and O–H groups in total. The van der Waals surface area contributed by atoms with Crippen LogP contribution < -0.4 is 20.1 Å². The zero-order valence-corrected chi connectivity index (χ0v) is 14.9. The molecule has 0 radical (unpaired) electrons. The van der Waals surface area contributed by atoms with Gasteiger partial charge in [-0.1, -0.05) is 0 Å². The van der Waals surface area contributed by atoms with E-state index in [1.165, 1.54) is 0 Å². The average Bonchev–Trinajstić information content (AvgIpc) is 3.33. The van der Waals surface area contributed by atoms with Crippen LogP contribution in [0.15, 0.2) is 18.2 Å². The van der Waals surface area contributed by atoms with Gasteiger partial charge in [-0.25, -0.2) is 0 Å². The molecular formula is C18H23N3O5. The lowest BCUT2D eigenvalue weighted by Crippen LogP contribution is -2.39. The van der Waals surface area contributed by atoms with E-state index in [1.54, 1.807) is 32.4 Å². The lowest BCUT2D eigenvalue weighted by molar-refractivity contribution is -0.129. The Morgan fingerprint density at radius 2 is 1.92 bits per heavy atom. The van der Waals surface area contributed by atoms with Crippen molar-refractivity contribution >= 4 is 22.7 Å². The first-order chi connectivity index (χ1) is 12.6. The minimum Gasteiger partial charge on any atom is -0.496 e. The highest BCUT2D eigenvalue weighted by atomic mass is 16.5. The quantitative estimate of drug-likeness (QED) is 0.644. The van der Waals surface area contributed by atoms with E-state index in [2.05, 4.69) is 15.6 Å². The van der Waals surface area contributed by atoms with Gasteiger partial charge in [0.1, 0.15) is 23.3 Å². The first-order valence-corrected chi connectivity index (χ1v) is 8.55. The number of amides is 2. The molecule has 1 fully saturated rings. The van der Waals surface area contributed by atoms with Crippen molar-refractivity contribution in [2.24, 2.45) is 0 Å². The van der Waals surface area contributed by atoms with Gasteiger partial charge in [0, 0.05) is 25.1 Å². The van der Waals surface area contributed by atoms with Crippen LogP contribution in [0.25, 0.3) is 10.9 Å². The number of H-pyrrole nitrogens is 1. The molecule has 0 spiro atoms. The largest absolute Gasteiger partial charge is 0.496 e. The third-order valence-corrected chi connectivity index (χ3v) is 4.33. The summed E-state index contributed by atoms with van der Waals surface area (Å²) in [5.41, 5.74) is 1.09. The number of carbonyl (C=O) groups is 2. The summed E-state index contributed by atoms with van der Waals surface area (Å²) in [7, 11) is 3.14. The summed E-state index contributed by atoms with van der Waals surface area (Å²) in [6, 6.07) is 5.29. The van der Waals surface area contributed by atoms with Gasteiger partial charge in [-0.05, 0) is 31.0 Å². The van der Waals surface area contributed by atoms with Gasteiger partial charge in [0.05, 0.1) is 19.7 Å². The number of aromatic nitrogens is 1. The number of nitrogens with one attached hydrogen (secondary N) is 3. The Morgan fingerprint density at radius 1 is 1.19 bits per heavy atom.